The fraction of sp³-hybridized carbons (Fsp3) is 0.348. The fourth-order valence-corrected chi connectivity index (χ4v) is 3.89. The summed E-state index contributed by atoms with van der Waals surface area (Å²) in [6, 6.07) is 7.34. The Balaban J connectivity index is 2.20. The molecule has 0 amide bonds. The summed E-state index contributed by atoms with van der Waals surface area (Å²) >= 11 is 0. The number of hydrogen-bond acceptors (Lipinski definition) is 7. The Labute approximate surface area is 181 Å². The lowest BCUT2D eigenvalue weighted by molar-refractivity contribution is 0.354. The highest BCUT2D eigenvalue weighted by atomic mass is 28.4. The number of fused-ring (bicyclic) bond motifs is 1. The van der Waals surface area contributed by atoms with Gasteiger partial charge in [-0.2, -0.15) is 0 Å². The molecule has 2 aromatic carbocycles. The standard InChI is InChI=1S/C23H28O7Si/c1-23(2,3)31(6,7)30-22-18(27-4)10-13(11-19(22)28-5)17-12-16(25)14-8-9-15(24)20(26)21(14)29-17/h8-12,24,26H,1-7H3. The Hall–Kier alpha value is -3.13. The van der Waals surface area contributed by atoms with Crippen LogP contribution in [0.3, 0.4) is 0 Å². The lowest BCUT2D eigenvalue weighted by Gasteiger charge is -2.37. The quantitative estimate of drug-likeness (QED) is 0.408. The minimum absolute atomic E-state index is 0.0354. The van der Waals surface area contributed by atoms with E-state index in [1.54, 1.807) is 12.1 Å². The number of benzene rings is 2. The maximum absolute atomic E-state index is 12.6. The van der Waals surface area contributed by atoms with Gasteiger partial charge in [0.1, 0.15) is 5.76 Å². The third kappa shape index (κ3) is 4.07. The van der Waals surface area contributed by atoms with Crippen LogP contribution in [0.1, 0.15) is 20.8 Å². The van der Waals surface area contributed by atoms with Crippen LogP contribution >= 0.6 is 0 Å². The Bertz CT molecular complexity index is 1160. The van der Waals surface area contributed by atoms with Crippen LogP contribution in [-0.4, -0.2) is 32.8 Å². The van der Waals surface area contributed by atoms with Crippen LogP contribution in [0.4, 0.5) is 0 Å². The van der Waals surface area contributed by atoms with Crippen molar-refractivity contribution in [1.82, 2.24) is 0 Å². The van der Waals surface area contributed by atoms with E-state index < -0.39 is 14.1 Å². The molecule has 1 aromatic heterocycles. The number of phenols is 2. The predicted octanol–water partition coefficient (Wildman–Crippen LogP) is 5.27. The highest BCUT2D eigenvalue weighted by Crippen LogP contribution is 2.46. The molecule has 0 atom stereocenters. The number of hydrogen-bond donors (Lipinski definition) is 2. The van der Waals surface area contributed by atoms with Gasteiger partial charge in [-0.25, -0.2) is 0 Å². The number of rotatable bonds is 5. The summed E-state index contributed by atoms with van der Waals surface area (Å²) in [6.45, 7) is 10.7. The first-order valence-corrected chi connectivity index (χ1v) is 12.7. The van der Waals surface area contributed by atoms with Gasteiger partial charge in [0.05, 0.1) is 19.6 Å². The molecule has 0 aliphatic heterocycles. The highest BCUT2D eigenvalue weighted by molar-refractivity contribution is 6.74. The molecule has 7 nitrogen and oxygen atoms in total. The lowest BCUT2D eigenvalue weighted by atomic mass is 10.1. The zero-order chi connectivity index (χ0) is 23.1. The zero-order valence-electron chi connectivity index (χ0n) is 18.8. The van der Waals surface area contributed by atoms with Crippen LogP contribution in [0.5, 0.6) is 28.7 Å². The van der Waals surface area contributed by atoms with Crippen LogP contribution in [0.2, 0.25) is 18.1 Å². The molecule has 2 N–H and O–H groups in total. The Morgan fingerprint density at radius 3 is 2.06 bits per heavy atom. The second-order valence-corrected chi connectivity index (χ2v) is 13.6. The average molecular weight is 445 g/mol. The first kappa shape index (κ1) is 22.5. The molecule has 0 radical (unpaired) electrons. The van der Waals surface area contributed by atoms with Crippen LogP contribution in [-0.2, 0) is 0 Å². The van der Waals surface area contributed by atoms with Crippen LogP contribution in [0.15, 0.2) is 39.5 Å². The molecule has 166 valence electrons. The van der Waals surface area contributed by atoms with Gasteiger partial charge in [-0.15, -0.1) is 0 Å². The smallest absolute Gasteiger partial charge is 0.250 e. The van der Waals surface area contributed by atoms with E-state index in [4.69, 9.17) is 18.3 Å². The Kier molecular flexibility index (Phi) is 5.71. The van der Waals surface area contributed by atoms with Crippen LogP contribution in [0.25, 0.3) is 22.3 Å². The fourth-order valence-electron chi connectivity index (χ4n) is 2.87. The minimum atomic E-state index is -2.19. The summed E-state index contributed by atoms with van der Waals surface area (Å²) in [5.41, 5.74) is 0.0474. The van der Waals surface area contributed by atoms with E-state index in [2.05, 4.69) is 33.9 Å². The second-order valence-electron chi connectivity index (χ2n) is 8.86. The first-order valence-electron chi connectivity index (χ1n) is 9.84. The van der Waals surface area contributed by atoms with Crippen LogP contribution in [0, 0.1) is 0 Å². The molecule has 0 unspecified atom stereocenters. The molecule has 0 aliphatic rings. The van der Waals surface area contributed by atoms with Crippen molar-refractivity contribution in [2.45, 2.75) is 38.9 Å². The summed E-state index contributed by atoms with van der Waals surface area (Å²) < 4.78 is 23.4. The Morgan fingerprint density at radius 2 is 1.55 bits per heavy atom. The summed E-state index contributed by atoms with van der Waals surface area (Å²) in [6.07, 6.45) is 0. The van der Waals surface area contributed by atoms with Gasteiger partial charge in [-0.05, 0) is 42.4 Å². The van der Waals surface area contributed by atoms with Gasteiger partial charge in [-0.1, -0.05) is 20.8 Å². The van der Waals surface area contributed by atoms with Crippen molar-refractivity contribution in [2.75, 3.05) is 14.2 Å². The SMILES string of the molecule is COc1cc(-c2cc(=O)c3ccc(O)c(O)c3o2)cc(OC)c1O[Si](C)(C)C(C)(C)C. The summed E-state index contributed by atoms with van der Waals surface area (Å²) in [7, 11) is 0.860. The summed E-state index contributed by atoms with van der Waals surface area (Å²) in [5, 5.41) is 20.1. The van der Waals surface area contributed by atoms with Gasteiger partial charge in [0.2, 0.25) is 5.75 Å². The molecule has 3 rings (SSSR count). The first-order chi connectivity index (χ1) is 14.4. The maximum Gasteiger partial charge on any atom is 0.250 e. The molecule has 1 heterocycles. The molecule has 8 heteroatoms. The summed E-state index contributed by atoms with van der Waals surface area (Å²) in [5.74, 6) is 0.677. The average Bonchev–Trinajstić information content (AvgIpc) is 2.69. The molecule has 0 spiro atoms. The molecule has 0 saturated carbocycles. The third-order valence-corrected chi connectivity index (χ3v) is 10.1. The second kappa shape index (κ2) is 7.85. The molecule has 0 fully saturated rings. The topological polar surface area (TPSA) is 98.4 Å². The van der Waals surface area contributed by atoms with Crippen LogP contribution < -0.4 is 19.3 Å². The van der Waals surface area contributed by atoms with E-state index in [9.17, 15) is 15.0 Å². The third-order valence-electron chi connectivity index (χ3n) is 5.76. The van der Waals surface area contributed by atoms with E-state index in [1.165, 1.54) is 32.4 Å². The molecular formula is C23H28O7Si. The highest BCUT2D eigenvalue weighted by Gasteiger charge is 2.40. The van der Waals surface area contributed by atoms with E-state index in [0.29, 0.717) is 22.8 Å². The van der Waals surface area contributed by atoms with Gasteiger partial charge in [-0.3, -0.25) is 4.79 Å². The van der Waals surface area contributed by atoms with Crippen molar-refractivity contribution in [1.29, 1.82) is 0 Å². The normalized spacial score (nSPS) is 12.1. The molecular weight excluding hydrogens is 416 g/mol. The van der Waals surface area contributed by atoms with E-state index in [-0.39, 0.29) is 32.9 Å². The van der Waals surface area contributed by atoms with Gasteiger partial charge >= 0.3 is 0 Å². The zero-order valence-corrected chi connectivity index (χ0v) is 19.8. The number of aromatic hydroxyl groups is 2. The lowest BCUT2D eigenvalue weighted by Crippen LogP contribution is -2.44. The number of phenolic OH excluding ortho intramolecular Hbond substituents is 2. The Morgan fingerprint density at radius 1 is 0.968 bits per heavy atom. The van der Waals surface area contributed by atoms with Gasteiger partial charge < -0.3 is 28.5 Å². The number of methoxy groups -OCH3 is 2. The van der Waals surface area contributed by atoms with Crippen molar-refractivity contribution in [3.05, 3.63) is 40.6 Å². The molecule has 3 aromatic rings. The predicted molar refractivity (Wildman–Crippen MR) is 122 cm³/mol. The van der Waals surface area contributed by atoms with Crippen molar-refractivity contribution in [2.24, 2.45) is 0 Å². The molecule has 0 aliphatic carbocycles. The maximum atomic E-state index is 12.6. The van der Waals surface area contributed by atoms with Crippen molar-refractivity contribution < 1.29 is 28.5 Å². The van der Waals surface area contributed by atoms with Gasteiger partial charge in [0.15, 0.2) is 34.0 Å². The minimum Gasteiger partial charge on any atom is -0.539 e. The van der Waals surface area contributed by atoms with Gasteiger partial charge in [0.25, 0.3) is 8.32 Å². The molecule has 0 bridgehead atoms. The van der Waals surface area contributed by atoms with Crippen molar-refractivity contribution in [3.8, 4) is 40.1 Å². The van der Waals surface area contributed by atoms with E-state index >= 15 is 0 Å². The van der Waals surface area contributed by atoms with Crippen molar-refractivity contribution >= 4 is 19.3 Å². The number of ether oxygens (including phenoxy) is 2. The molecule has 31 heavy (non-hydrogen) atoms. The molecule has 0 saturated heterocycles. The van der Waals surface area contributed by atoms with Gasteiger partial charge in [0, 0.05) is 11.6 Å². The van der Waals surface area contributed by atoms with Crippen molar-refractivity contribution in [3.63, 3.8) is 0 Å². The van der Waals surface area contributed by atoms with E-state index in [1.807, 2.05) is 0 Å². The monoisotopic (exact) mass is 444 g/mol. The largest absolute Gasteiger partial charge is 0.539 e. The van der Waals surface area contributed by atoms with E-state index in [0.717, 1.165) is 0 Å². The summed E-state index contributed by atoms with van der Waals surface area (Å²) in [4.78, 5) is 12.6.